The molecule has 0 bridgehead atoms. The van der Waals surface area contributed by atoms with Crippen LogP contribution in [0.1, 0.15) is 6.92 Å². The van der Waals surface area contributed by atoms with Crippen molar-refractivity contribution in [2.24, 2.45) is 5.92 Å². The van der Waals surface area contributed by atoms with E-state index in [0.29, 0.717) is 0 Å². The highest BCUT2D eigenvalue weighted by atomic mass is 16.7. The summed E-state index contributed by atoms with van der Waals surface area (Å²) in [5.74, 6) is -3.59. The minimum atomic E-state index is -1.61. The normalized spacial score (nSPS) is 25.7. The maximum atomic E-state index is 12.6. The number of phenols is 3. The van der Waals surface area contributed by atoms with Crippen LogP contribution >= 0.6 is 0 Å². The predicted molar refractivity (Wildman–Crippen MR) is 107 cm³/mol. The van der Waals surface area contributed by atoms with Gasteiger partial charge in [-0.1, -0.05) is 6.92 Å². The fourth-order valence-corrected chi connectivity index (χ4v) is 3.43. The number of benzene rings is 2. The Balaban J connectivity index is 1.78. The van der Waals surface area contributed by atoms with Crippen molar-refractivity contribution in [1.29, 1.82) is 0 Å². The van der Waals surface area contributed by atoms with Crippen molar-refractivity contribution in [3.8, 4) is 40.1 Å². The third-order valence-electron chi connectivity index (χ3n) is 5.34. The zero-order chi connectivity index (χ0) is 23.3. The molecule has 1 aliphatic rings. The van der Waals surface area contributed by atoms with Crippen LogP contribution in [0.5, 0.6) is 28.7 Å². The Kier molecular flexibility index (Phi) is 5.34. The second-order valence-electron chi connectivity index (χ2n) is 7.48. The van der Waals surface area contributed by atoms with Crippen LogP contribution in [0.25, 0.3) is 22.3 Å². The van der Waals surface area contributed by atoms with Crippen LogP contribution in [0.3, 0.4) is 0 Å². The SMILES string of the molecule is C[C@@H]1[C@@H](O)[C@H](O)O[C@@H](Oc2cc(O)c3c(=O)c(O)c(-c4ccc(O)c(O)c4)oc3c2)[C@@H]1O. The number of hydrogen-bond acceptors (Lipinski definition) is 11. The van der Waals surface area contributed by atoms with Gasteiger partial charge in [0.15, 0.2) is 23.5 Å². The van der Waals surface area contributed by atoms with Crippen molar-refractivity contribution in [1.82, 2.24) is 0 Å². The molecule has 1 saturated heterocycles. The van der Waals surface area contributed by atoms with Gasteiger partial charge in [-0.25, -0.2) is 0 Å². The van der Waals surface area contributed by atoms with Gasteiger partial charge < -0.3 is 49.6 Å². The minimum absolute atomic E-state index is 0.0691. The van der Waals surface area contributed by atoms with Crippen LogP contribution in [0.4, 0.5) is 0 Å². The van der Waals surface area contributed by atoms with Gasteiger partial charge in [0.1, 0.15) is 34.7 Å². The first-order valence-electron chi connectivity index (χ1n) is 9.50. The maximum absolute atomic E-state index is 12.6. The molecule has 0 amide bonds. The van der Waals surface area contributed by atoms with Crippen LogP contribution in [0, 0.1) is 5.92 Å². The summed E-state index contributed by atoms with van der Waals surface area (Å²) in [5, 5.41) is 69.2. The molecule has 2 aromatic carbocycles. The van der Waals surface area contributed by atoms with Crippen LogP contribution < -0.4 is 10.2 Å². The lowest BCUT2D eigenvalue weighted by Gasteiger charge is -2.38. The second-order valence-corrected chi connectivity index (χ2v) is 7.48. The molecule has 0 aliphatic carbocycles. The number of aromatic hydroxyl groups is 4. The first-order chi connectivity index (χ1) is 15.1. The fourth-order valence-electron chi connectivity index (χ4n) is 3.43. The predicted octanol–water partition coefficient (Wildman–Crippen LogP) is 0.694. The third-order valence-corrected chi connectivity index (χ3v) is 5.34. The van der Waals surface area contributed by atoms with E-state index in [-0.39, 0.29) is 28.0 Å². The number of phenolic OH excluding ortho intramolecular Hbond substituents is 3. The molecule has 170 valence electrons. The number of aliphatic hydroxyl groups is 3. The van der Waals surface area contributed by atoms with E-state index >= 15 is 0 Å². The van der Waals surface area contributed by atoms with Gasteiger partial charge in [-0.05, 0) is 18.2 Å². The largest absolute Gasteiger partial charge is 0.507 e. The molecule has 7 N–H and O–H groups in total. The Morgan fingerprint density at radius 2 is 1.62 bits per heavy atom. The standard InChI is InChI=1S/C21H20O11/c1-7-15(25)20(29)32-21(16(7)26)30-9-5-12(24)14-13(6-9)31-19(18(28)17(14)27)8-2-3-10(22)11(23)4-8/h2-7,15-16,20-26,28-29H,1H3/t7-,15-,16-,20-,21-/m1/s1. The third kappa shape index (κ3) is 3.56. The van der Waals surface area contributed by atoms with E-state index < -0.39 is 59.1 Å². The van der Waals surface area contributed by atoms with Crippen LogP contribution in [0.15, 0.2) is 39.5 Å². The van der Waals surface area contributed by atoms with Crippen LogP contribution in [-0.4, -0.2) is 60.5 Å². The van der Waals surface area contributed by atoms with E-state index in [0.717, 1.165) is 18.2 Å². The second kappa shape index (κ2) is 7.88. The quantitative estimate of drug-likeness (QED) is 0.279. The summed E-state index contributed by atoms with van der Waals surface area (Å²) < 4.78 is 16.1. The lowest BCUT2D eigenvalue weighted by molar-refractivity contribution is -0.308. The summed E-state index contributed by atoms with van der Waals surface area (Å²) in [7, 11) is 0. The molecule has 11 heteroatoms. The molecule has 11 nitrogen and oxygen atoms in total. The number of fused-ring (bicyclic) bond motifs is 1. The lowest BCUT2D eigenvalue weighted by atomic mass is 9.94. The zero-order valence-electron chi connectivity index (χ0n) is 16.5. The smallest absolute Gasteiger partial charge is 0.238 e. The highest BCUT2D eigenvalue weighted by molar-refractivity contribution is 5.88. The lowest BCUT2D eigenvalue weighted by Crippen LogP contribution is -2.55. The van der Waals surface area contributed by atoms with Gasteiger partial charge in [0, 0.05) is 23.6 Å². The van der Waals surface area contributed by atoms with Gasteiger partial charge in [0.25, 0.3) is 0 Å². The fraction of sp³-hybridized carbons (Fsp3) is 0.286. The number of aliphatic hydroxyl groups excluding tert-OH is 3. The molecule has 0 saturated carbocycles. The Bertz CT molecular complexity index is 1230. The molecule has 5 atom stereocenters. The van der Waals surface area contributed by atoms with Crippen molar-refractivity contribution in [3.63, 3.8) is 0 Å². The average molecular weight is 448 g/mol. The van der Waals surface area contributed by atoms with E-state index in [1.807, 2.05) is 0 Å². The van der Waals surface area contributed by atoms with Gasteiger partial charge in [0.2, 0.25) is 17.5 Å². The van der Waals surface area contributed by atoms with E-state index in [4.69, 9.17) is 13.9 Å². The van der Waals surface area contributed by atoms with Gasteiger partial charge in [0.05, 0.1) is 0 Å². The van der Waals surface area contributed by atoms with E-state index in [9.17, 15) is 40.5 Å². The molecule has 1 fully saturated rings. The Morgan fingerprint density at radius 1 is 0.906 bits per heavy atom. The van der Waals surface area contributed by atoms with Crippen LogP contribution in [-0.2, 0) is 4.74 Å². The van der Waals surface area contributed by atoms with Crippen molar-refractivity contribution in [3.05, 3.63) is 40.6 Å². The topological polar surface area (TPSA) is 190 Å². The Hall–Kier alpha value is -3.51. The van der Waals surface area contributed by atoms with E-state index in [2.05, 4.69) is 0 Å². The maximum Gasteiger partial charge on any atom is 0.238 e. The summed E-state index contributed by atoms with van der Waals surface area (Å²) in [6.07, 6.45) is -5.68. The van der Waals surface area contributed by atoms with Crippen LogP contribution in [0.2, 0.25) is 0 Å². The molecule has 3 aromatic rings. The summed E-state index contributed by atoms with van der Waals surface area (Å²) in [5.41, 5.74) is -1.09. The first kappa shape index (κ1) is 21.7. The monoisotopic (exact) mass is 448 g/mol. The van der Waals surface area contributed by atoms with Gasteiger partial charge in [-0.15, -0.1) is 0 Å². The Labute approximate surface area is 179 Å². The first-order valence-corrected chi connectivity index (χ1v) is 9.50. The van der Waals surface area contributed by atoms with E-state index in [1.165, 1.54) is 19.1 Å². The van der Waals surface area contributed by atoms with Gasteiger partial charge in [-0.2, -0.15) is 0 Å². The Morgan fingerprint density at radius 3 is 2.31 bits per heavy atom. The summed E-state index contributed by atoms with van der Waals surface area (Å²) >= 11 is 0. The zero-order valence-corrected chi connectivity index (χ0v) is 16.5. The van der Waals surface area contributed by atoms with Gasteiger partial charge in [-0.3, -0.25) is 4.79 Å². The molecule has 4 rings (SSSR count). The summed E-state index contributed by atoms with van der Waals surface area (Å²) in [4.78, 5) is 12.6. The molecule has 0 unspecified atom stereocenters. The molecule has 0 spiro atoms. The molecule has 2 heterocycles. The highest BCUT2D eigenvalue weighted by Crippen LogP contribution is 2.38. The summed E-state index contributed by atoms with van der Waals surface area (Å²) in [6.45, 7) is 1.48. The molecular weight excluding hydrogens is 428 g/mol. The summed E-state index contributed by atoms with van der Waals surface area (Å²) in [6, 6.07) is 5.72. The molecule has 1 aliphatic heterocycles. The van der Waals surface area contributed by atoms with E-state index in [1.54, 1.807) is 0 Å². The molecule has 32 heavy (non-hydrogen) atoms. The van der Waals surface area contributed by atoms with Crippen molar-refractivity contribution in [2.75, 3.05) is 0 Å². The van der Waals surface area contributed by atoms with Crippen molar-refractivity contribution >= 4 is 11.0 Å². The number of hydrogen-bond donors (Lipinski definition) is 7. The molecule has 1 aromatic heterocycles. The average Bonchev–Trinajstić information content (AvgIpc) is 2.74. The van der Waals surface area contributed by atoms with Gasteiger partial charge >= 0.3 is 0 Å². The molecule has 0 radical (unpaired) electrons. The highest BCUT2D eigenvalue weighted by Gasteiger charge is 2.42. The van der Waals surface area contributed by atoms with Crippen molar-refractivity contribution in [2.45, 2.75) is 31.7 Å². The van der Waals surface area contributed by atoms with Crippen molar-refractivity contribution < 1.29 is 49.6 Å². The number of rotatable bonds is 3. The number of ether oxygens (including phenoxy) is 2. The minimum Gasteiger partial charge on any atom is -0.507 e. The molecular formula is C21H20O11.